The van der Waals surface area contributed by atoms with E-state index in [9.17, 15) is 13.2 Å². The largest absolute Gasteiger partial charge is 0.417 e. The Labute approximate surface area is 124 Å². The lowest BCUT2D eigenvalue weighted by molar-refractivity contribution is -0.137. The normalized spacial score (nSPS) is 10.4. The van der Waals surface area contributed by atoms with Crippen LogP contribution in [0.4, 0.5) is 13.2 Å². The van der Waals surface area contributed by atoms with Gasteiger partial charge in [-0.05, 0) is 23.8 Å². The Bertz CT molecular complexity index is 758. The van der Waals surface area contributed by atoms with Crippen LogP contribution in [-0.4, -0.2) is 4.98 Å². The Morgan fingerprint density at radius 2 is 1.64 bits per heavy atom. The lowest BCUT2D eigenvalue weighted by Gasteiger charge is -2.07. The van der Waals surface area contributed by atoms with E-state index in [1.54, 1.807) is 36.4 Å². The third kappa shape index (κ3) is 3.50. The van der Waals surface area contributed by atoms with Gasteiger partial charge in [0.1, 0.15) is 17.7 Å². The van der Waals surface area contributed by atoms with E-state index in [4.69, 9.17) is 10.5 Å². The predicted molar refractivity (Wildman–Crippen MR) is 73.9 cm³/mol. The number of hydrogen-bond acceptors (Lipinski definition) is 3. The summed E-state index contributed by atoms with van der Waals surface area (Å²) in [7, 11) is 0. The third-order valence-corrected chi connectivity index (χ3v) is 2.85. The minimum Gasteiger partial charge on any atom is -0.256 e. The molecule has 1 aromatic carbocycles. The Morgan fingerprint density at radius 1 is 1.00 bits per heavy atom. The van der Waals surface area contributed by atoms with Gasteiger partial charge in [0.05, 0.1) is 11.3 Å². The maximum atomic E-state index is 12.5. The molecule has 0 aliphatic heterocycles. The van der Waals surface area contributed by atoms with Crippen molar-refractivity contribution in [3.8, 4) is 23.4 Å². The van der Waals surface area contributed by atoms with Gasteiger partial charge < -0.3 is 0 Å². The highest BCUT2D eigenvalue weighted by Gasteiger charge is 2.30. The molecular weight excluding hydrogens is 291 g/mol. The summed E-state index contributed by atoms with van der Waals surface area (Å²) in [6.07, 6.45) is -2.21. The van der Waals surface area contributed by atoms with Crippen molar-refractivity contribution < 1.29 is 13.2 Å². The first-order valence-electron chi connectivity index (χ1n) is 6.09. The zero-order chi connectivity index (χ0) is 16.2. The predicted octanol–water partition coefficient (Wildman–Crippen LogP) is 4.20. The molecule has 1 aromatic heterocycles. The zero-order valence-electron chi connectivity index (χ0n) is 11.1. The number of allylic oxidation sites excluding steroid dienone is 1. The van der Waals surface area contributed by atoms with Crippen molar-refractivity contribution in [2.75, 3.05) is 0 Å². The molecule has 6 heteroatoms. The summed E-state index contributed by atoms with van der Waals surface area (Å²) in [5.41, 5.74) is 0.864. The van der Waals surface area contributed by atoms with E-state index in [0.717, 1.165) is 12.3 Å². The summed E-state index contributed by atoms with van der Waals surface area (Å²) in [5, 5.41) is 17.3. The standard InChI is InChI=1S/C16H8F3N3/c17-16(18,19)14-5-6-15(22-10-14)13-3-1-11(2-4-13)7-12(8-20)9-21/h1-7,10H. The van der Waals surface area contributed by atoms with Crippen LogP contribution in [0.2, 0.25) is 0 Å². The van der Waals surface area contributed by atoms with Crippen LogP contribution >= 0.6 is 0 Å². The Kier molecular flexibility index (Phi) is 4.24. The van der Waals surface area contributed by atoms with Gasteiger partial charge in [0, 0.05) is 11.8 Å². The van der Waals surface area contributed by atoms with E-state index < -0.39 is 11.7 Å². The number of aromatic nitrogens is 1. The van der Waals surface area contributed by atoms with Crippen molar-refractivity contribution in [3.63, 3.8) is 0 Å². The number of benzene rings is 1. The highest BCUT2D eigenvalue weighted by molar-refractivity contribution is 5.66. The highest BCUT2D eigenvalue weighted by Crippen LogP contribution is 2.29. The van der Waals surface area contributed by atoms with Crippen LogP contribution in [0.1, 0.15) is 11.1 Å². The molecule has 0 fully saturated rings. The van der Waals surface area contributed by atoms with Crippen LogP contribution < -0.4 is 0 Å². The average molecular weight is 299 g/mol. The van der Waals surface area contributed by atoms with Gasteiger partial charge >= 0.3 is 6.18 Å². The van der Waals surface area contributed by atoms with Crippen LogP contribution in [-0.2, 0) is 6.18 Å². The molecule has 2 rings (SSSR count). The second kappa shape index (κ2) is 6.11. The van der Waals surface area contributed by atoms with Gasteiger partial charge in [0.25, 0.3) is 0 Å². The topological polar surface area (TPSA) is 60.5 Å². The fourth-order valence-electron chi connectivity index (χ4n) is 1.74. The number of halogens is 3. The van der Waals surface area contributed by atoms with Gasteiger partial charge in [-0.3, -0.25) is 4.98 Å². The molecule has 3 nitrogen and oxygen atoms in total. The highest BCUT2D eigenvalue weighted by atomic mass is 19.4. The second-order valence-corrected chi connectivity index (χ2v) is 4.33. The molecular formula is C16H8F3N3. The zero-order valence-corrected chi connectivity index (χ0v) is 11.1. The molecule has 0 spiro atoms. The minimum atomic E-state index is -4.41. The Balaban J connectivity index is 2.27. The molecule has 22 heavy (non-hydrogen) atoms. The van der Waals surface area contributed by atoms with Gasteiger partial charge in [-0.25, -0.2) is 0 Å². The number of rotatable bonds is 2. The summed E-state index contributed by atoms with van der Waals surface area (Å²) in [6, 6.07) is 12.4. The average Bonchev–Trinajstić information content (AvgIpc) is 2.52. The molecule has 108 valence electrons. The van der Waals surface area contributed by atoms with E-state index in [-0.39, 0.29) is 5.57 Å². The molecule has 0 saturated carbocycles. The van der Waals surface area contributed by atoms with E-state index >= 15 is 0 Å². The van der Waals surface area contributed by atoms with Gasteiger partial charge in [-0.15, -0.1) is 0 Å². The van der Waals surface area contributed by atoms with E-state index in [2.05, 4.69) is 4.98 Å². The van der Waals surface area contributed by atoms with Crippen molar-refractivity contribution in [1.29, 1.82) is 10.5 Å². The van der Waals surface area contributed by atoms with Crippen LogP contribution in [0.25, 0.3) is 17.3 Å². The molecule has 0 aliphatic carbocycles. The van der Waals surface area contributed by atoms with E-state index in [1.165, 1.54) is 12.1 Å². The summed E-state index contributed by atoms with van der Waals surface area (Å²) >= 11 is 0. The summed E-state index contributed by atoms with van der Waals surface area (Å²) in [4.78, 5) is 3.80. The first-order chi connectivity index (χ1) is 10.4. The minimum absolute atomic E-state index is 0.0274. The van der Waals surface area contributed by atoms with Crippen molar-refractivity contribution in [3.05, 3.63) is 59.3 Å². The quantitative estimate of drug-likeness (QED) is 0.781. The van der Waals surface area contributed by atoms with Crippen LogP contribution in [0, 0.1) is 22.7 Å². The SMILES string of the molecule is N#CC(C#N)=Cc1ccc(-c2ccc(C(F)(F)F)cn2)cc1. The maximum Gasteiger partial charge on any atom is 0.417 e. The van der Waals surface area contributed by atoms with Crippen LogP contribution in [0.15, 0.2) is 48.2 Å². The lowest BCUT2D eigenvalue weighted by Crippen LogP contribution is -2.05. The molecule has 0 bridgehead atoms. The van der Waals surface area contributed by atoms with Crippen molar-refractivity contribution in [2.24, 2.45) is 0 Å². The Morgan fingerprint density at radius 3 is 2.09 bits per heavy atom. The lowest BCUT2D eigenvalue weighted by atomic mass is 10.1. The maximum absolute atomic E-state index is 12.5. The second-order valence-electron chi connectivity index (χ2n) is 4.33. The van der Waals surface area contributed by atoms with Gasteiger partial charge in [0.2, 0.25) is 0 Å². The van der Waals surface area contributed by atoms with E-state index in [1.807, 2.05) is 0 Å². The van der Waals surface area contributed by atoms with Crippen molar-refractivity contribution in [1.82, 2.24) is 4.98 Å². The van der Waals surface area contributed by atoms with Gasteiger partial charge in [-0.1, -0.05) is 24.3 Å². The molecule has 1 heterocycles. The molecule has 0 radical (unpaired) electrons. The molecule has 0 amide bonds. The fourth-order valence-corrected chi connectivity index (χ4v) is 1.74. The molecule has 0 unspecified atom stereocenters. The monoisotopic (exact) mass is 299 g/mol. The van der Waals surface area contributed by atoms with Gasteiger partial charge in [0.15, 0.2) is 0 Å². The number of nitrogens with zero attached hydrogens (tertiary/aromatic N) is 3. The summed E-state index contributed by atoms with van der Waals surface area (Å²) in [5.74, 6) is 0. The number of hydrogen-bond donors (Lipinski definition) is 0. The molecule has 0 N–H and O–H groups in total. The fraction of sp³-hybridized carbons (Fsp3) is 0.0625. The molecule has 2 aromatic rings. The number of pyridine rings is 1. The molecule has 0 saturated heterocycles. The first kappa shape index (κ1) is 15.3. The van der Waals surface area contributed by atoms with E-state index in [0.29, 0.717) is 16.8 Å². The Hall–Kier alpha value is -3.12. The smallest absolute Gasteiger partial charge is 0.256 e. The van der Waals surface area contributed by atoms with Crippen molar-refractivity contribution in [2.45, 2.75) is 6.18 Å². The third-order valence-electron chi connectivity index (χ3n) is 2.85. The molecule has 0 atom stereocenters. The van der Waals surface area contributed by atoms with Crippen molar-refractivity contribution >= 4 is 6.08 Å². The first-order valence-corrected chi connectivity index (χ1v) is 6.09. The summed E-state index contributed by atoms with van der Waals surface area (Å²) in [6.45, 7) is 0. The number of nitriles is 2. The van der Waals surface area contributed by atoms with Gasteiger partial charge in [-0.2, -0.15) is 23.7 Å². The number of alkyl halides is 3. The van der Waals surface area contributed by atoms with Crippen LogP contribution in [0.5, 0.6) is 0 Å². The molecule has 0 aliphatic rings. The summed E-state index contributed by atoms with van der Waals surface area (Å²) < 4.78 is 37.4. The van der Waals surface area contributed by atoms with Crippen LogP contribution in [0.3, 0.4) is 0 Å².